The van der Waals surface area contributed by atoms with E-state index in [1.54, 1.807) is 0 Å². The van der Waals surface area contributed by atoms with Crippen LogP contribution in [0.3, 0.4) is 0 Å². The minimum atomic E-state index is -1.22. The van der Waals surface area contributed by atoms with Crippen LogP contribution in [0.25, 0.3) is 22.4 Å². The molecule has 9 heteroatoms. The number of hydrogen-bond donors (Lipinski definition) is 1. The molecule has 3 aromatic rings. The zero-order valence-electron chi connectivity index (χ0n) is 13.0. The highest BCUT2D eigenvalue weighted by Gasteiger charge is 2.21. The van der Waals surface area contributed by atoms with Crippen molar-refractivity contribution in [3.05, 3.63) is 72.2 Å². The van der Waals surface area contributed by atoms with Crippen LogP contribution in [0.15, 0.2) is 36.5 Å². The lowest BCUT2D eigenvalue weighted by Gasteiger charge is -2.13. The van der Waals surface area contributed by atoms with Crippen LogP contribution in [0.1, 0.15) is 10.4 Å². The first-order valence-corrected chi connectivity index (χ1v) is 9.49. The van der Waals surface area contributed by atoms with Crippen molar-refractivity contribution in [2.45, 2.75) is 0 Å². The van der Waals surface area contributed by atoms with Crippen LogP contribution in [-0.2, 0) is 0 Å². The minimum absolute atomic E-state index is 0.0964. The number of hydrogen-bond acceptors (Lipinski definition) is 2. The van der Waals surface area contributed by atoms with Gasteiger partial charge in [0.1, 0.15) is 0 Å². The maximum absolute atomic E-state index is 11.9. The molecule has 0 unspecified atom stereocenters. The maximum Gasteiger partial charge on any atom is 0.337 e. The third kappa shape index (κ3) is 4.14. The van der Waals surface area contributed by atoms with E-state index in [1.807, 2.05) is 0 Å². The van der Waals surface area contributed by atoms with Gasteiger partial charge in [0.25, 0.3) is 0 Å². The highest BCUT2D eigenvalue weighted by atomic mass is 35.5. The molecule has 3 nitrogen and oxygen atoms in total. The molecule has 0 radical (unpaired) electrons. The number of nitrogens with zero attached hydrogens (tertiary/aromatic N) is 1. The number of halogens is 6. The third-order valence-electron chi connectivity index (χ3n) is 3.66. The molecule has 2 aromatic carbocycles. The predicted octanol–water partition coefficient (Wildman–Crippen LogP) is 8.03. The molecule has 0 bridgehead atoms. The van der Waals surface area contributed by atoms with Crippen LogP contribution >= 0.6 is 69.6 Å². The van der Waals surface area contributed by atoms with Gasteiger partial charge in [0, 0.05) is 32.9 Å². The second kappa shape index (κ2) is 8.04. The Morgan fingerprint density at radius 2 is 1.19 bits per heavy atom. The molecular formula is C18H7Cl6NO2. The second-order valence-electron chi connectivity index (χ2n) is 5.41. The van der Waals surface area contributed by atoms with E-state index in [2.05, 4.69) is 4.98 Å². The molecule has 0 saturated heterocycles. The van der Waals surface area contributed by atoms with Crippen LogP contribution in [0.2, 0.25) is 30.1 Å². The van der Waals surface area contributed by atoms with Gasteiger partial charge in [0.15, 0.2) is 0 Å². The van der Waals surface area contributed by atoms with Crippen molar-refractivity contribution >= 4 is 75.6 Å². The molecule has 0 atom stereocenters. The normalized spacial score (nSPS) is 10.9. The number of benzene rings is 2. The number of pyridine rings is 1. The van der Waals surface area contributed by atoms with Gasteiger partial charge in [-0.05, 0) is 30.3 Å². The average molecular weight is 482 g/mol. The van der Waals surface area contributed by atoms with Crippen LogP contribution < -0.4 is 0 Å². The molecule has 1 heterocycles. The van der Waals surface area contributed by atoms with E-state index in [-0.39, 0.29) is 36.9 Å². The summed E-state index contributed by atoms with van der Waals surface area (Å²) >= 11 is 36.7. The van der Waals surface area contributed by atoms with Crippen molar-refractivity contribution in [1.82, 2.24) is 4.98 Å². The molecule has 27 heavy (non-hydrogen) atoms. The summed E-state index contributed by atoms with van der Waals surface area (Å²) in [6, 6.07) is 7.32. The molecule has 0 aliphatic carbocycles. The van der Waals surface area contributed by atoms with Gasteiger partial charge in [-0.15, -0.1) is 0 Å². The fourth-order valence-corrected chi connectivity index (χ4v) is 4.58. The van der Waals surface area contributed by atoms with Gasteiger partial charge in [0.05, 0.1) is 31.3 Å². The van der Waals surface area contributed by atoms with Crippen molar-refractivity contribution in [2.24, 2.45) is 0 Å². The molecule has 0 saturated carbocycles. The molecule has 3 rings (SSSR count). The molecule has 0 aliphatic heterocycles. The summed E-state index contributed by atoms with van der Waals surface area (Å²) in [5.74, 6) is -1.22. The summed E-state index contributed by atoms with van der Waals surface area (Å²) in [6.07, 6.45) is 1.43. The molecule has 1 N–H and O–H groups in total. The average Bonchev–Trinajstić information content (AvgIpc) is 2.53. The minimum Gasteiger partial charge on any atom is -0.478 e. The van der Waals surface area contributed by atoms with E-state index in [0.717, 1.165) is 0 Å². The van der Waals surface area contributed by atoms with E-state index in [1.165, 1.54) is 36.5 Å². The number of aromatic nitrogens is 1. The lowest BCUT2D eigenvalue weighted by Crippen LogP contribution is -2.03. The molecule has 1 aromatic heterocycles. The topological polar surface area (TPSA) is 50.2 Å². The Bertz CT molecular complexity index is 1040. The van der Waals surface area contributed by atoms with E-state index in [4.69, 9.17) is 69.6 Å². The quantitative estimate of drug-likeness (QED) is 0.412. The first kappa shape index (κ1) is 20.5. The van der Waals surface area contributed by atoms with E-state index in [9.17, 15) is 9.90 Å². The lowest BCUT2D eigenvalue weighted by atomic mass is 10.0. The first-order chi connectivity index (χ1) is 12.7. The molecular weight excluding hydrogens is 475 g/mol. The summed E-state index contributed by atoms with van der Waals surface area (Å²) in [4.78, 5) is 16.1. The summed E-state index contributed by atoms with van der Waals surface area (Å²) in [6.45, 7) is 0. The molecule has 0 aliphatic rings. The van der Waals surface area contributed by atoms with Crippen LogP contribution in [0.5, 0.6) is 0 Å². The summed E-state index contributed by atoms with van der Waals surface area (Å²) in [5.41, 5.74) is 1.06. The van der Waals surface area contributed by atoms with E-state index >= 15 is 0 Å². The lowest BCUT2D eigenvalue weighted by molar-refractivity contribution is 0.0697. The number of carboxylic acids is 1. The Morgan fingerprint density at radius 3 is 1.63 bits per heavy atom. The SMILES string of the molecule is O=C(O)c1cc(-c2c(Cl)cc(Cl)cc2Cl)cnc1-c1c(Cl)cc(Cl)cc1Cl. The van der Waals surface area contributed by atoms with Gasteiger partial charge in [-0.2, -0.15) is 0 Å². The summed E-state index contributed by atoms with van der Waals surface area (Å²) in [7, 11) is 0. The first-order valence-electron chi connectivity index (χ1n) is 7.22. The molecule has 0 amide bonds. The largest absolute Gasteiger partial charge is 0.478 e. The fraction of sp³-hybridized carbons (Fsp3) is 0. The van der Waals surface area contributed by atoms with Crippen molar-refractivity contribution in [3.63, 3.8) is 0 Å². The Labute approximate surface area is 184 Å². The Kier molecular flexibility index (Phi) is 6.11. The molecule has 0 spiro atoms. The van der Waals surface area contributed by atoms with Crippen LogP contribution in [-0.4, -0.2) is 16.1 Å². The number of carboxylic acid groups (broad SMARTS) is 1. The van der Waals surface area contributed by atoms with Gasteiger partial charge in [0.2, 0.25) is 0 Å². The van der Waals surface area contributed by atoms with Crippen LogP contribution in [0.4, 0.5) is 0 Å². The summed E-state index contributed by atoms with van der Waals surface area (Å²) < 4.78 is 0. The Hall–Kier alpha value is -1.20. The van der Waals surface area contributed by atoms with Gasteiger partial charge in [-0.25, -0.2) is 4.79 Å². The zero-order valence-corrected chi connectivity index (χ0v) is 17.6. The van der Waals surface area contributed by atoms with Gasteiger partial charge in [-0.3, -0.25) is 4.98 Å². The maximum atomic E-state index is 11.9. The number of carbonyl (C=O) groups is 1. The third-order valence-corrected chi connectivity index (χ3v) is 5.29. The highest BCUT2D eigenvalue weighted by molar-refractivity contribution is 6.43. The van der Waals surface area contributed by atoms with Crippen molar-refractivity contribution in [3.8, 4) is 22.4 Å². The smallest absolute Gasteiger partial charge is 0.337 e. The highest BCUT2D eigenvalue weighted by Crippen LogP contribution is 2.41. The summed E-state index contributed by atoms with van der Waals surface area (Å²) in [5, 5.41) is 11.2. The van der Waals surface area contributed by atoms with E-state index < -0.39 is 5.97 Å². The Morgan fingerprint density at radius 1 is 0.741 bits per heavy atom. The van der Waals surface area contributed by atoms with Gasteiger partial charge in [-0.1, -0.05) is 69.6 Å². The second-order valence-corrected chi connectivity index (χ2v) is 7.92. The number of aromatic carboxylic acids is 1. The predicted molar refractivity (Wildman–Crippen MR) is 112 cm³/mol. The van der Waals surface area contributed by atoms with E-state index in [0.29, 0.717) is 21.2 Å². The van der Waals surface area contributed by atoms with Crippen molar-refractivity contribution in [1.29, 1.82) is 0 Å². The fourth-order valence-electron chi connectivity index (χ4n) is 2.55. The standard InChI is InChI=1S/C18H7Cl6NO2/c19-8-2-11(21)15(12(22)3-8)7-1-10(18(26)27)17(25-6-7)16-13(23)4-9(20)5-14(16)24/h1-6H,(H,26,27). The molecule has 0 fully saturated rings. The van der Waals surface area contributed by atoms with Crippen molar-refractivity contribution < 1.29 is 9.90 Å². The monoisotopic (exact) mass is 479 g/mol. The Balaban J connectivity index is 2.26. The number of rotatable bonds is 3. The zero-order chi connectivity index (χ0) is 19.9. The van der Waals surface area contributed by atoms with Crippen molar-refractivity contribution in [2.75, 3.05) is 0 Å². The van der Waals surface area contributed by atoms with Gasteiger partial charge < -0.3 is 5.11 Å². The molecule has 138 valence electrons. The van der Waals surface area contributed by atoms with Crippen LogP contribution in [0, 0.1) is 0 Å². The van der Waals surface area contributed by atoms with Gasteiger partial charge >= 0.3 is 5.97 Å².